The van der Waals surface area contributed by atoms with Gasteiger partial charge in [0.05, 0.1) is 5.56 Å². The standard InChI is InChI=1S/C10H11N3O2S/c11-6-7-5-8(10(14)15)16-9(7)13-3-1-12-2-4-13/h5,12H,1-4H2,(H,14,15). The average molecular weight is 237 g/mol. The Hall–Kier alpha value is -1.58. The van der Waals surface area contributed by atoms with Crippen molar-refractivity contribution in [3.8, 4) is 6.07 Å². The quantitative estimate of drug-likeness (QED) is 0.793. The molecule has 0 spiro atoms. The molecule has 1 aliphatic heterocycles. The largest absolute Gasteiger partial charge is 0.477 e. The van der Waals surface area contributed by atoms with Crippen LogP contribution in [0.4, 0.5) is 5.00 Å². The van der Waals surface area contributed by atoms with Crippen LogP contribution in [0.5, 0.6) is 0 Å². The van der Waals surface area contributed by atoms with Gasteiger partial charge in [-0.15, -0.1) is 11.3 Å². The van der Waals surface area contributed by atoms with Crippen LogP contribution >= 0.6 is 11.3 Å². The van der Waals surface area contributed by atoms with Crippen molar-refractivity contribution in [3.63, 3.8) is 0 Å². The van der Waals surface area contributed by atoms with E-state index in [1.807, 2.05) is 0 Å². The zero-order chi connectivity index (χ0) is 11.5. The molecule has 0 aliphatic carbocycles. The van der Waals surface area contributed by atoms with Crippen molar-refractivity contribution < 1.29 is 9.90 Å². The predicted octanol–water partition coefficient (Wildman–Crippen LogP) is 0.728. The molecule has 0 unspecified atom stereocenters. The average Bonchev–Trinajstić information content (AvgIpc) is 2.74. The van der Waals surface area contributed by atoms with E-state index in [1.54, 1.807) is 0 Å². The second-order valence-electron chi connectivity index (χ2n) is 3.48. The summed E-state index contributed by atoms with van der Waals surface area (Å²) in [6.45, 7) is 3.36. The van der Waals surface area contributed by atoms with Crippen molar-refractivity contribution in [1.29, 1.82) is 5.26 Å². The zero-order valence-corrected chi connectivity index (χ0v) is 9.38. The summed E-state index contributed by atoms with van der Waals surface area (Å²) in [6, 6.07) is 3.50. The third kappa shape index (κ3) is 2.01. The number of hydrogen-bond donors (Lipinski definition) is 2. The first kappa shape index (κ1) is 10.9. The van der Waals surface area contributed by atoms with E-state index in [0.717, 1.165) is 31.2 Å². The Morgan fingerprint density at radius 3 is 2.81 bits per heavy atom. The first-order valence-electron chi connectivity index (χ1n) is 4.95. The lowest BCUT2D eigenvalue weighted by Gasteiger charge is -2.28. The second kappa shape index (κ2) is 4.51. The minimum atomic E-state index is -0.970. The molecule has 1 fully saturated rings. The van der Waals surface area contributed by atoms with Gasteiger partial charge < -0.3 is 15.3 Å². The maximum absolute atomic E-state index is 10.8. The Morgan fingerprint density at radius 2 is 2.25 bits per heavy atom. The van der Waals surface area contributed by atoms with Crippen molar-refractivity contribution in [3.05, 3.63) is 16.5 Å². The highest BCUT2D eigenvalue weighted by Gasteiger charge is 2.19. The van der Waals surface area contributed by atoms with Crippen LogP contribution < -0.4 is 10.2 Å². The summed E-state index contributed by atoms with van der Waals surface area (Å²) in [7, 11) is 0. The summed E-state index contributed by atoms with van der Waals surface area (Å²) in [6.07, 6.45) is 0. The summed E-state index contributed by atoms with van der Waals surface area (Å²) in [5.41, 5.74) is 0.462. The van der Waals surface area contributed by atoms with Gasteiger partial charge in [-0.25, -0.2) is 4.79 Å². The van der Waals surface area contributed by atoms with E-state index < -0.39 is 5.97 Å². The number of nitrogens with one attached hydrogen (secondary N) is 1. The number of anilines is 1. The SMILES string of the molecule is N#Cc1cc(C(=O)O)sc1N1CCNCC1. The lowest BCUT2D eigenvalue weighted by atomic mass is 10.3. The summed E-state index contributed by atoms with van der Waals surface area (Å²) in [4.78, 5) is 13.1. The minimum Gasteiger partial charge on any atom is -0.477 e. The number of aromatic carboxylic acids is 1. The van der Waals surface area contributed by atoms with Crippen LogP contribution in [0, 0.1) is 11.3 Å². The molecular formula is C10H11N3O2S. The van der Waals surface area contributed by atoms with E-state index in [9.17, 15) is 4.79 Å². The maximum atomic E-state index is 10.8. The van der Waals surface area contributed by atoms with E-state index in [1.165, 1.54) is 17.4 Å². The predicted molar refractivity (Wildman–Crippen MR) is 61.1 cm³/mol. The smallest absolute Gasteiger partial charge is 0.345 e. The number of piperazine rings is 1. The van der Waals surface area contributed by atoms with E-state index >= 15 is 0 Å². The monoisotopic (exact) mass is 237 g/mol. The van der Waals surface area contributed by atoms with Crippen LogP contribution in [0.2, 0.25) is 0 Å². The number of carboxylic acid groups (broad SMARTS) is 1. The first-order valence-corrected chi connectivity index (χ1v) is 5.77. The van der Waals surface area contributed by atoms with Gasteiger partial charge in [-0.05, 0) is 6.07 Å². The molecule has 1 saturated heterocycles. The lowest BCUT2D eigenvalue weighted by Crippen LogP contribution is -2.43. The molecule has 0 radical (unpaired) electrons. The molecule has 2 heterocycles. The molecule has 6 heteroatoms. The number of carbonyl (C=O) groups is 1. The van der Waals surface area contributed by atoms with Crippen molar-refractivity contribution in [2.45, 2.75) is 0 Å². The molecule has 0 bridgehead atoms. The molecule has 2 rings (SSSR count). The van der Waals surface area contributed by atoms with Crippen molar-refractivity contribution in [1.82, 2.24) is 5.32 Å². The van der Waals surface area contributed by atoms with Gasteiger partial charge in [-0.1, -0.05) is 0 Å². The van der Waals surface area contributed by atoms with Crippen LogP contribution in [0.25, 0.3) is 0 Å². The molecule has 2 N–H and O–H groups in total. The maximum Gasteiger partial charge on any atom is 0.345 e. The molecule has 16 heavy (non-hydrogen) atoms. The summed E-state index contributed by atoms with van der Waals surface area (Å²) >= 11 is 1.17. The Balaban J connectivity index is 2.31. The topological polar surface area (TPSA) is 76.4 Å². The van der Waals surface area contributed by atoms with Crippen LogP contribution in [0.3, 0.4) is 0 Å². The van der Waals surface area contributed by atoms with Gasteiger partial charge in [0.1, 0.15) is 15.9 Å². The number of hydrogen-bond acceptors (Lipinski definition) is 5. The molecular weight excluding hydrogens is 226 g/mol. The van der Waals surface area contributed by atoms with E-state index in [2.05, 4.69) is 16.3 Å². The molecule has 0 atom stereocenters. The second-order valence-corrected chi connectivity index (χ2v) is 4.51. The molecule has 84 valence electrons. The summed E-state index contributed by atoms with van der Waals surface area (Å²) in [5.74, 6) is -0.970. The highest BCUT2D eigenvalue weighted by atomic mass is 32.1. The molecule has 5 nitrogen and oxygen atoms in total. The zero-order valence-electron chi connectivity index (χ0n) is 8.56. The van der Waals surface area contributed by atoms with Gasteiger partial charge in [-0.3, -0.25) is 0 Å². The third-order valence-corrected chi connectivity index (χ3v) is 3.63. The fourth-order valence-electron chi connectivity index (χ4n) is 1.67. The first-order chi connectivity index (χ1) is 7.72. The van der Waals surface area contributed by atoms with Crippen LogP contribution in [-0.2, 0) is 0 Å². The molecule has 1 aliphatic rings. The molecule has 0 amide bonds. The number of nitrogens with zero attached hydrogens (tertiary/aromatic N) is 2. The van der Waals surface area contributed by atoms with Crippen molar-refractivity contribution >= 4 is 22.3 Å². The van der Waals surface area contributed by atoms with E-state index in [0.29, 0.717) is 5.56 Å². The Kier molecular flexibility index (Phi) is 3.08. The molecule has 1 aromatic rings. The van der Waals surface area contributed by atoms with E-state index in [4.69, 9.17) is 10.4 Å². The van der Waals surface area contributed by atoms with Gasteiger partial charge in [0.25, 0.3) is 0 Å². The van der Waals surface area contributed by atoms with Gasteiger partial charge in [-0.2, -0.15) is 5.26 Å². The molecule has 1 aromatic heterocycles. The number of thiophene rings is 1. The molecule has 0 aromatic carbocycles. The number of carboxylic acids is 1. The fraction of sp³-hybridized carbons (Fsp3) is 0.400. The van der Waals surface area contributed by atoms with Crippen LogP contribution in [-0.4, -0.2) is 37.3 Å². The van der Waals surface area contributed by atoms with E-state index in [-0.39, 0.29) is 4.88 Å². The van der Waals surface area contributed by atoms with Crippen molar-refractivity contribution in [2.24, 2.45) is 0 Å². The van der Waals surface area contributed by atoms with Gasteiger partial charge in [0.15, 0.2) is 0 Å². The van der Waals surface area contributed by atoms with Gasteiger partial charge in [0, 0.05) is 26.2 Å². The lowest BCUT2D eigenvalue weighted by molar-refractivity contribution is 0.0702. The van der Waals surface area contributed by atoms with Gasteiger partial charge >= 0.3 is 5.97 Å². The molecule has 0 saturated carbocycles. The Bertz CT molecular complexity index is 443. The number of rotatable bonds is 2. The number of nitriles is 1. The van der Waals surface area contributed by atoms with Crippen LogP contribution in [0.1, 0.15) is 15.2 Å². The Morgan fingerprint density at radius 1 is 1.56 bits per heavy atom. The van der Waals surface area contributed by atoms with Crippen molar-refractivity contribution in [2.75, 3.05) is 31.1 Å². The Labute approximate surface area is 96.9 Å². The van der Waals surface area contributed by atoms with Crippen LogP contribution in [0.15, 0.2) is 6.07 Å². The third-order valence-electron chi connectivity index (χ3n) is 2.45. The fourth-order valence-corrected chi connectivity index (χ4v) is 2.67. The summed E-state index contributed by atoms with van der Waals surface area (Å²) < 4.78 is 0. The highest BCUT2D eigenvalue weighted by molar-refractivity contribution is 7.18. The van der Waals surface area contributed by atoms with Gasteiger partial charge in [0.2, 0.25) is 0 Å². The normalized spacial score (nSPS) is 15.8. The summed E-state index contributed by atoms with van der Waals surface area (Å²) in [5, 5.41) is 21.8. The minimum absolute atomic E-state index is 0.227. The highest BCUT2D eigenvalue weighted by Crippen LogP contribution is 2.31.